The van der Waals surface area contributed by atoms with Crippen molar-refractivity contribution in [1.29, 1.82) is 0 Å². The number of nitrogens with zero attached hydrogens (tertiary/aromatic N) is 2. The molecule has 1 saturated heterocycles. The summed E-state index contributed by atoms with van der Waals surface area (Å²) in [4.78, 5) is 35.0. The lowest BCUT2D eigenvalue weighted by atomic mass is 10.1. The second kappa shape index (κ2) is 6.14. The van der Waals surface area contributed by atoms with Gasteiger partial charge in [-0.05, 0) is 28.4 Å². The number of aromatic hydroxyl groups is 1. The first kappa shape index (κ1) is 16.0. The molecule has 1 fully saturated rings. The number of carbonyl (C=O) groups is 2. The minimum absolute atomic E-state index is 0.0406. The molecule has 22 heavy (non-hydrogen) atoms. The molecule has 2 rings (SSSR count). The Bertz CT molecular complexity index is 701. The van der Waals surface area contributed by atoms with Gasteiger partial charge in [0, 0.05) is 24.2 Å². The number of rotatable bonds is 4. The van der Waals surface area contributed by atoms with Crippen LogP contribution in [0, 0.1) is 10.1 Å². The van der Waals surface area contributed by atoms with Crippen molar-refractivity contribution in [2.45, 2.75) is 13.3 Å². The average molecular weight is 370 g/mol. The van der Waals surface area contributed by atoms with Crippen LogP contribution >= 0.6 is 15.9 Å². The highest BCUT2D eigenvalue weighted by Crippen LogP contribution is 2.34. The molecular formula is C13H12BrN3O5. The number of nitro benzene ring substituents is 1. The first-order chi connectivity index (χ1) is 10.3. The number of hydrogen-bond donors (Lipinski definition) is 2. The van der Waals surface area contributed by atoms with Crippen molar-refractivity contribution in [3.63, 3.8) is 0 Å². The molecule has 1 aliphatic heterocycles. The van der Waals surface area contributed by atoms with Gasteiger partial charge >= 0.3 is 6.03 Å². The number of nitrogens with one attached hydrogen (secondary N) is 1. The molecular weight excluding hydrogens is 358 g/mol. The van der Waals surface area contributed by atoms with Gasteiger partial charge in [-0.1, -0.05) is 6.92 Å². The van der Waals surface area contributed by atoms with E-state index in [1.807, 2.05) is 6.92 Å². The van der Waals surface area contributed by atoms with Gasteiger partial charge < -0.3 is 10.4 Å². The van der Waals surface area contributed by atoms with Crippen LogP contribution in [0.2, 0.25) is 0 Å². The fourth-order valence-corrected chi connectivity index (χ4v) is 2.44. The zero-order valence-electron chi connectivity index (χ0n) is 11.5. The number of non-ortho nitro benzene ring substituents is 1. The van der Waals surface area contributed by atoms with E-state index in [2.05, 4.69) is 21.2 Å². The fourth-order valence-electron chi connectivity index (χ4n) is 1.97. The van der Waals surface area contributed by atoms with E-state index < -0.39 is 16.9 Å². The molecule has 0 spiro atoms. The van der Waals surface area contributed by atoms with Crippen LogP contribution in [-0.4, -0.2) is 33.4 Å². The topological polar surface area (TPSA) is 113 Å². The van der Waals surface area contributed by atoms with Crippen LogP contribution in [0.3, 0.4) is 0 Å². The largest absolute Gasteiger partial charge is 0.506 e. The Morgan fingerprint density at radius 2 is 2.14 bits per heavy atom. The minimum atomic E-state index is -0.620. The second-order valence-electron chi connectivity index (χ2n) is 4.57. The number of amides is 3. The van der Waals surface area contributed by atoms with Crippen molar-refractivity contribution in [3.8, 4) is 5.75 Å². The summed E-state index contributed by atoms with van der Waals surface area (Å²) >= 11 is 3.01. The zero-order chi connectivity index (χ0) is 16.4. The normalized spacial score (nSPS) is 16.3. The molecule has 2 N–H and O–H groups in total. The van der Waals surface area contributed by atoms with Crippen molar-refractivity contribution >= 4 is 39.6 Å². The van der Waals surface area contributed by atoms with Crippen LogP contribution < -0.4 is 5.32 Å². The lowest BCUT2D eigenvalue weighted by Gasteiger charge is -2.08. The molecule has 116 valence electrons. The van der Waals surface area contributed by atoms with E-state index in [0.29, 0.717) is 6.42 Å². The highest BCUT2D eigenvalue weighted by atomic mass is 79.9. The first-order valence-corrected chi connectivity index (χ1v) is 7.16. The van der Waals surface area contributed by atoms with Crippen LogP contribution in [0.15, 0.2) is 22.3 Å². The van der Waals surface area contributed by atoms with Crippen LogP contribution in [0.5, 0.6) is 5.75 Å². The number of phenols is 1. The van der Waals surface area contributed by atoms with E-state index in [4.69, 9.17) is 0 Å². The van der Waals surface area contributed by atoms with Crippen LogP contribution in [0.4, 0.5) is 10.5 Å². The fraction of sp³-hybridized carbons (Fsp3) is 0.231. The standard InChI is InChI=1S/C13H12BrN3O5/c1-2-3-16-12(19)10(15-13(16)20)5-7-4-8(17(21)22)6-9(14)11(7)18/h4-6,18H,2-3H2,1H3,(H,15,20)/b10-5+. The maximum absolute atomic E-state index is 12.1. The summed E-state index contributed by atoms with van der Waals surface area (Å²) < 4.78 is 0.121. The van der Waals surface area contributed by atoms with Crippen LogP contribution in [-0.2, 0) is 4.79 Å². The Hall–Kier alpha value is -2.42. The maximum Gasteiger partial charge on any atom is 0.329 e. The molecule has 1 aromatic carbocycles. The van der Waals surface area contributed by atoms with Gasteiger partial charge in [0.25, 0.3) is 11.6 Å². The van der Waals surface area contributed by atoms with E-state index >= 15 is 0 Å². The summed E-state index contributed by atoms with van der Waals surface area (Å²) in [5.41, 5.74) is -0.233. The molecule has 0 unspecified atom stereocenters. The Morgan fingerprint density at radius 3 is 2.73 bits per heavy atom. The molecule has 1 heterocycles. The van der Waals surface area contributed by atoms with Crippen LogP contribution in [0.1, 0.15) is 18.9 Å². The number of halogens is 1. The van der Waals surface area contributed by atoms with Crippen LogP contribution in [0.25, 0.3) is 6.08 Å². The number of imide groups is 1. The molecule has 0 atom stereocenters. The predicted octanol–water partition coefficient (Wildman–Crippen LogP) is 2.37. The molecule has 9 heteroatoms. The minimum Gasteiger partial charge on any atom is -0.506 e. The van der Waals surface area contributed by atoms with Crippen molar-refractivity contribution in [1.82, 2.24) is 10.2 Å². The Kier molecular flexibility index (Phi) is 4.45. The summed E-state index contributed by atoms with van der Waals surface area (Å²) in [5.74, 6) is -0.789. The first-order valence-electron chi connectivity index (χ1n) is 6.36. The van der Waals surface area contributed by atoms with Gasteiger partial charge in [0.15, 0.2) is 0 Å². The van der Waals surface area contributed by atoms with Crippen molar-refractivity contribution in [2.24, 2.45) is 0 Å². The van der Waals surface area contributed by atoms with E-state index in [1.54, 1.807) is 0 Å². The number of nitro groups is 1. The monoisotopic (exact) mass is 369 g/mol. The van der Waals surface area contributed by atoms with Gasteiger partial charge in [-0.15, -0.1) is 0 Å². The molecule has 8 nitrogen and oxygen atoms in total. The average Bonchev–Trinajstić information content (AvgIpc) is 2.71. The van der Waals surface area contributed by atoms with Gasteiger partial charge in [0.05, 0.1) is 9.40 Å². The van der Waals surface area contributed by atoms with Gasteiger partial charge in [-0.2, -0.15) is 0 Å². The Labute approximate surface area is 133 Å². The Balaban J connectivity index is 2.44. The van der Waals surface area contributed by atoms with E-state index in [-0.39, 0.29) is 33.7 Å². The molecule has 0 radical (unpaired) electrons. The van der Waals surface area contributed by atoms with Crippen molar-refractivity contribution < 1.29 is 19.6 Å². The summed E-state index contributed by atoms with van der Waals surface area (Å²) in [6, 6.07) is 1.72. The third-order valence-corrected chi connectivity index (χ3v) is 3.60. The van der Waals surface area contributed by atoms with Crippen molar-refractivity contribution in [2.75, 3.05) is 6.54 Å². The van der Waals surface area contributed by atoms with Gasteiger partial charge in [-0.25, -0.2) is 4.79 Å². The van der Waals surface area contributed by atoms with E-state index in [9.17, 15) is 24.8 Å². The Morgan fingerprint density at radius 1 is 1.45 bits per heavy atom. The highest BCUT2D eigenvalue weighted by molar-refractivity contribution is 9.10. The number of benzene rings is 1. The third-order valence-electron chi connectivity index (χ3n) is 3.00. The lowest BCUT2D eigenvalue weighted by molar-refractivity contribution is -0.385. The molecule has 3 amide bonds. The SMILES string of the molecule is CCCN1C(=O)N/C(=C/c2cc([N+](=O)[O-])cc(Br)c2O)C1=O. The molecule has 0 aromatic heterocycles. The molecule has 0 saturated carbocycles. The van der Waals surface area contributed by atoms with Gasteiger partial charge in [0.2, 0.25) is 0 Å². The lowest BCUT2D eigenvalue weighted by Crippen LogP contribution is -2.31. The third kappa shape index (κ3) is 2.93. The highest BCUT2D eigenvalue weighted by Gasteiger charge is 2.33. The van der Waals surface area contributed by atoms with Crippen molar-refractivity contribution in [3.05, 3.63) is 38.0 Å². The van der Waals surface area contributed by atoms with Gasteiger partial charge in [0.1, 0.15) is 11.4 Å². The van der Waals surface area contributed by atoms with E-state index in [0.717, 1.165) is 17.0 Å². The van der Waals surface area contributed by atoms with E-state index in [1.165, 1.54) is 6.08 Å². The number of carbonyl (C=O) groups excluding carboxylic acids is 2. The quantitative estimate of drug-likeness (QED) is 0.366. The zero-order valence-corrected chi connectivity index (χ0v) is 13.1. The molecule has 0 bridgehead atoms. The number of urea groups is 1. The summed E-state index contributed by atoms with van der Waals surface area (Å²) in [6.45, 7) is 2.10. The predicted molar refractivity (Wildman–Crippen MR) is 81.0 cm³/mol. The number of hydrogen-bond acceptors (Lipinski definition) is 5. The molecule has 1 aromatic rings. The molecule has 0 aliphatic carbocycles. The second-order valence-corrected chi connectivity index (χ2v) is 5.42. The smallest absolute Gasteiger partial charge is 0.329 e. The molecule has 1 aliphatic rings. The number of phenolic OH excluding ortho intramolecular Hbond substituents is 1. The summed E-state index contributed by atoms with van der Waals surface area (Å²) in [5, 5.41) is 23.2. The van der Waals surface area contributed by atoms with Gasteiger partial charge in [-0.3, -0.25) is 19.8 Å². The maximum atomic E-state index is 12.1. The summed E-state index contributed by atoms with van der Waals surface area (Å²) in [7, 11) is 0. The summed E-state index contributed by atoms with van der Waals surface area (Å²) in [6.07, 6.45) is 1.82.